The Morgan fingerprint density at radius 1 is 1.10 bits per heavy atom. The van der Waals surface area contributed by atoms with Gasteiger partial charge in [0, 0.05) is 16.5 Å². The van der Waals surface area contributed by atoms with Crippen LogP contribution in [-0.4, -0.2) is 12.1 Å². The summed E-state index contributed by atoms with van der Waals surface area (Å²) in [6, 6.07) is 12.2. The molecule has 21 heavy (non-hydrogen) atoms. The Morgan fingerprint density at radius 3 is 2.48 bits per heavy atom. The number of ketones is 1. The fourth-order valence-electron chi connectivity index (χ4n) is 1.80. The van der Waals surface area contributed by atoms with Gasteiger partial charge in [-0.1, -0.05) is 40.2 Å². The van der Waals surface area contributed by atoms with Crippen LogP contribution >= 0.6 is 15.9 Å². The van der Waals surface area contributed by atoms with Crippen molar-refractivity contribution in [1.82, 2.24) is 0 Å². The largest absolute Gasteiger partial charge is 0.573 e. The quantitative estimate of drug-likeness (QED) is 0.735. The first-order chi connectivity index (χ1) is 9.83. The number of rotatable bonds is 4. The van der Waals surface area contributed by atoms with Crippen molar-refractivity contribution in [3.63, 3.8) is 0 Å². The van der Waals surface area contributed by atoms with Gasteiger partial charge >= 0.3 is 6.36 Å². The Kier molecular flexibility index (Phi) is 4.67. The summed E-state index contributed by atoms with van der Waals surface area (Å²) in [5.74, 6) is -0.677. The zero-order valence-corrected chi connectivity index (χ0v) is 12.2. The summed E-state index contributed by atoms with van der Waals surface area (Å²) in [6.07, 6.45) is -4.67. The van der Waals surface area contributed by atoms with E-state index in [1.807, 2.05) is 6.07 Å². The molecule has 0 radical (unpaired) electrons. The number of halogens is 4. The summed E-state index contributed by atoms with van der Waals surface area (Å²) in [7, 11) is 0. The molecule has 0 heterocycles. The summed E-state index contributed by atoms with van der Waals surface area (Å²) >= 11 is 3.30. The smallest absolute Gasteiger partial charge is 0.406 e. The molecule has 0 aliphatic rings. The van der Waals surface area contributed by atoms with Crippen molar-refractivity contribution in [3.8, 4) is 5.75 Å². The lowest BCUT2D eigenvalue weighted by Crippen LogP contribution is -2.17. The van der Waals surface area contributed by atoms with Crippen LogP contribution in [0.25, 0.3) is 0 Å². The molecule has 0 unspecified atom stereocenters. The second-order valence-corrected chi connectivity index (χ2v) is 5.22. The van der Waals surface area contributed by atoms with Crippen molar-refractivity contribution in [2.45, 2.75) is 12.8 Å². The molecule has 0 spiro atoms. The minimum atomic E-state index is -4.77. The van der Waals surface area contributed by atoms with Crippen molar-refractivity contribution in [1.29, 1.82) is 0 Å². The molecule has 0 aliphatic heterocycles. The summed E-state index contributed by atoms with van der Waals surface area (Å²) in [5.41, 5.74) is 0.952. The highest BCUT2D eigenvalue weighted by Gasteiger charge is 2.31. The van der Waals surface area contributed by atoms with Gasteiger partial charge in [0.2, 0.25) is 0 Å². The zero-order valence-electron chi connectivity index (χ0n) is 10.7. The third kappa shape index (κ3) is 4.90. The van der Waals surface area contributed by atoms with Crippen LogP contribution in [0.3, 0.4) is 0 Å². The number of hydrogen-bond acceptors (Lipinski definition) is 2. The number of hydrogen-bond donors (Lipinski definition) is 0. The lowest BCUT2D eigenvalue weighted by atomic mass is 10.0. The normalized spacial score (nSPS) is 11.2. The molecule has 6 heteroatoms. The molecule has 0 saturated heterocycles. The maximum Gasteiger partial charge on any atom is 0.573 e. The summed E-state index contributed by atoms with van der Waals surface area (Å²) in [4.78, 5) is 12.1. The molecule has 2 rings (SSSR count). The van der Waals surface area contributed by atoms with E-state index in [1.165, 1.54) is 12.1 Å². The highest BCUT2D eigenvalue weighted by atomic mass is 79.9. The molecule has 0 fully saturated rings. The fraction of sp³-hybridized carbons (Fsp3) is 0.133. The van der Waals surface area contributed by atoms with E-state index in [2.05, 4.69) is 20.7 Å². The molecule has 0 aromatic heterocycles. The van der Waals surface area contributed by atoms with Gasteiger partial charge in [-0.25, -0.2) is 0 Å². The van der Waals surface area contributed by atoms with Crippen molar-refractivity contribution in [3.05, 3.63) is 64.1 Å². The van der Waals surface area contributed by atoms with E-state index in [4.69, 9.17) is 0 Å². The van der Waals surface area contributed by atoms with Crippen LogP contribution in [0.1, 0.15) is 15.9 Å². The Labute approximate surface area is 127 Å². The molecule has 0 amide bonds. The first-order valence-corrected chi connectivity index (χ1v) is 6.76. The number of carbonyl (C=O) groups excluding carboxylic acids is 1. The van der Waals surface area contributed by atoms with Gasteiger partial charge in [-0.3, -0.25) is 4.79 Å². The Balaban J connectivity index is 2.14. The molecule has 0 saturated carbocycles. The summed E-state index contributed by atoms with van der Waals surface area (Å²) in [6.45, 7) is 0. The van der Waals surface area contributed by atoms with Crippen LogP contribution in [-0.2, 0) is 6.42 Å². The van der Waals surface area contributed by atoms with Crippen molar-refractivity contribution < 1.29 is 22.7 Å². The average molecular weight is 359 g/mol. The number of ether oxygens (including phenoxy) is 1. The van der Waals surface area contributed by atoms with Gasteiger partial charge in [-0.15, -0.1) is 13.2 Å². The van der Waals surface area contributed by atoms with E-state index < -0.39 is 12.1 Å². The first-order valence-electron chi connectivity index (χ1n) is 5.97. The standard InChI is InChI=1S/C15H10BrF3O2/c16-12-5-1-3-10(7-12)8-14(20)11-4-2-6-13(9-11)21-15(17,18)19/h1-7,9H,8H2. The molecule has 2 aromatic carbocycles. The van der Waals surface area contributed by atoms with E-state index in [1.54, 1.807) is 18.2 Å². The molecular weight excluding hydrogens is 349 g/mol. The molecule has 0 atom stereocenters. The molecule has 2 nitrogen and oxygen atoms in total. The molecular formula is C15H10BrF3O2. The Morgan fingerprint density at radius 2 is 1.81 bits per heavy atom. The van der Waals surface area contributed by atoms with E-state index >= 15 is 0 Å². The first kappa shape index (κ1) is 15.6. The van der Waals surface area contributed by atoms with Crippen molar-refractivity contribution >= 4 is 21.7 Å². The third-order valence-corrected chi connectivity index (χ3v) is 3.14. The monoisotopic (exact) mass is 358 g/mol. The number of benzene rings is 2. The minimum absolute atomic E-state index is 0.106. The lowest BCUT2D eigenvalue weighted by molar-refractivity contribution is -0.274. The second-order valence-electron chi connectivity index (χ2n) is 4.31. The Hall–Kier alpha value is -1.82. The second kappa shape index (κ2) is 6.30. The van der Waals surface area contributed by atoms with E-state index in [0.717, 1.165) is 22.2 Å². The van der Waals surface area contributed by atoms with Gasteiger partial charge in [-0.2, -0.15) is 0 Å². The topological polar surface area (TPSA) is 26.3 Å². The highest BCUT2D eigenvalue weighted by Crippen LogP contribution is 2.24. The fourth-order valence-corrected chi connectivity index (χ4v) is 2.25. The van der Waals surface area contributed by atoms with Gasteiger partial charge in [0.1, 0.15) is 5.75 Å². The number of carbonyl (C=O) groups is 1. The minimum Gasteiger partial charge on any atom is -0.406 e. The van der Waals surface area contributed by atoms with Crippen LogP contribution < -0.4 is 4.74 Å². The van der Waals surface area contributed by atoms with Gasteiger partial charge in [0.15, 0.2) is 5.78 Å². The SMILES string of the molecule is O=C(Cc1cccc(Br)c1)c1cccc(OC(F)(F)F)c1. The van der Waals surface area contributed by atoms with Crippen LogP contribution in [0.2, 0.25) is 0 Å². The maximum atomic E-state index is 12.2. The van der Waals surface area contributed by atoms with E-state index in [0.29, 0.717) is 0 Å². The van der Waals surface area contributed by atoms with E-state index in [9.17, 15) is 18.0 Å². The predicted molar refractivity (Wildman–Crippen MR) is 75.3 cm³/mol. The molecule has 0 bridgehead atoms. The maximum absolute atomic E-state index is 12.2. The van der Waals surface area contributed by atoms with Crippen LogP contribution in [0.15, 0.2) is 53.0 Å². The van der Waals surface area contributed by atoms with Gasteiger partial charge in [0.25, 0.3) is 0 Å². The molecule has 2 aromatic rings. The van der Waals surface area contributed by atoms with E-state index in [-0.39, 0.29) is 17.8 Å². The predicted octanol–water partition coefficient (Wildman–Crippen LogP) is 4.77. The van der Waals surface area contributed by atoms with Gasteiger partial charge < -0.3 is 4.74 Å². The number of Topliss-reactive ketones (excluding diaryl/α,β-unsaturated/α-hetero) is 1. The number of alkyl halides is 3. The molecule has 0 N–H and O–H groups in total. The van der Waals surface area contributed by atoms with Crippen LogP contribution in [0.4, 0.5) is 13.2 Å². The van der Waals surface area contributed by atoms with Gasteiger partial charge in [0.05, 0.1) is 0 Å². The highest BCUT2D eigenvalue weighted by molar-refractivity contribution is 9.10. The zero-order chi connectivity index (χ0) is 15.5. The third-order valence-electron chi connectivity index (χ3n) is 2.64. The summed E-state index contributed by atoms with van der Waals surface area (Å²) < 4.78 is 41.1. The van der Waals surface area contributed by atoms with Crippen LogP contribution in [0, 0.1) is 0 Å². The summed E-state index contributed by atoms with van der Waals surface area (Å²) in [5, 5.41) is 0. The van der Waals surface area contributed by atoms with Crippen molar-refractivity contribution in [2.24, 2.45) is 0 Å². The molecule has 110 valence electrons. The molecule has 0 aliphatic carbocycles. The average Bonchev–Trinajstić information content (AvgIpc) is 2.37. The Bertz CT molecular complexity index is 653. The van der Waals surface area contributed by atoms with Crippen LogP contribution in [0.5, 0.6) is 5.75 Å². The lowest BCUT2D eigenvalue weighted by Gasteiger charge is -2.09. The van der Waals surface area contributed by atoms with Crippen molar-refractivity contribution in [2.75, 3.05) is 0 Å². The van der Waals surface area contributed by atoms with Gasteiger partial charge in [-0.05, 0) is 29.8 Å².